The van der Waals surface area contributed by atoms with Crippen molar-refractivity contribution < 1.29 is 14.7 Å². The molecule has 0 aromatic heterocycles. The van der Waals surface area contributed by atoms with Crippen LogP contribution in [0.3, 0.4) is 0 Å². The first-order valence-corrected chi connectivity index (χ1v) is 7.99. The number of hydrogen-bond donors (Lipinski definition) is 3. The molecule has 1 atom stereocenters. The van der Waals surface area contributed by atoms with Gasteiger partial charge in [0.15, 0.2) is 0 Å². The zero-order chi connectivity index (χ0) is 17.5. The maximum Gasteiger partial charge on any atom is 0.313 e. The summed E-state index contributed by atoms with van der Waals surface area (Å²) >= 11 is 5.98. The van der Waals surface area contributed by atoms with Crippen LogP contribution in [0, 0.1) is 0 Å². The second kappa shape index (κ2) is 8.47. The van der Waals surface area contributed by atoms with Gasteiger partial charge in [-0.3, -0.25) is 9.59 Å². The molecule has 0 saturated heterocycles. The number of amides is 2. The van der Waals surface area contributed by atoms with Crippen molar-refractivity contribution in [3.8, 4) is 0 Å². The highest BCUT2D eigenvalue weighted by atomic mass is 35.5. The maximum atomic E-state index is 11.9. The number of carbonyl (C=O) groups excluding carboxylic acids is 2. The molecular formula is C18H19ClN2O3. The second-order valence-corrected chi connectivity index (χ2v) is 5.66. The number of aryl methyl sites for hydroxylation is 1. The average molecular weight is 347 g/mol. The molecule has 0 fully saturated rings. The van der Waals surface area contributed by atoms with Crippen molar-refractivity contribution in [2.45, 2.75) is 19.4 Å². The van der Waals surface area contributed by atoms with Crippen molar-refractivity contribution in [1.82, 2.24) is 5.32 Å². The summed E-state index contributed by atoms with van der Waals surface area (Å²) in [4.78, 5) is 23.7. The summed E-state index contributed by atoms with van der Waals surface area (Å²) in [5, 5.41) is 15.4. The zero-order valence-corrected chi connectivity index (χ0v) is 14.0. The van der Waals surface area contributed by atoms with Crippen molar-refractivity contribution in [3.63, 3.8) is 0 Å². The first-order valence-electron chi connectivity index (χ1n) is 7.62. The van der Waals surface area contributed by atoms with E-state index in [4.69, 9.17) is 11.6 Å². The smallest absolute Gasteiger partial charge is 0.313 e. The molecule has 5 nitrogen and oxygen atoms in total. The molecule has 1 unspecified atom stereocenters. The molecule has 0 spiro atoms. The van der Waals surface area contributed by atoms with Crippen LogP contribution in [0.4, 0.5) is 5.69 Å². The Morgan fingerprint density at radius 2 is 1.75 bits per heavy atom. The summed E-state index contributed by atoms with van der Waals surface area (Å²) in [5.74, 6) is -1.61. The molecular weight excluding hydrogens is 328 g/mol. The van der Waals surface area contributed by atoms with Crippen LogP contribution in [-0.2, 0) is 16.0 Å². The summed E-state index contributed by atoms with van der Waals surface area (Å²) in [6, 6.07) is 14.0. The van der Waals surface area contributed by atoms with E-state index in [-0.39, 0.29) is 6.54 Å². The molecule has 126 valence electrons. The van der Waals surface area contributed by atoms with E-state index < -0.39 is 17.9 Å². The predicted molar refractivity (Wildman–Crippen MR) is 93.9 cm³/mol. The quantitative estimate of drug-likeness (QED) is 0.728. The zero-order valence-electron chi connectivity index (χ0n) is 13.3. The lowest BCUT2D eigenvalue weighted by molar-refractivity contribution is -0.136. The normalized spacial score (nSPS) is 11.6. The number of rotatable bonds is 5. The SMILES string of the molecule is CCc1ccc(NC(=O)C(=O)NCC(O)c2ccccc2Cl)cc1. The number of aliphatic hydroxyl groups excluding tert-OH is 1. The second-order valence-electron chi connectivity index (χ2n) is 5.25. The van der Waals surface area contributed by atoms with E-state index in [2.05, 4.69) is 10.6 Å². The predicted octanol–water partition coefficient (Wildman–Crippen LogP) is 2.69. The largest absolute Gasteiger partial charge is 0.387 e. The first kappa shape index (κ1) is 18.0. The van der Waals surface area contributed by atoms with Crippen molar-refractivity contribution in [2.75, 3.05) is 11.9 Å². The summed E-state index contributed by atoms with van der Waals surface area (Å²) in [7, 11) is 0. The van der Waals surface area contributed by atoms with E-state index in [0.29, 0.717) is 16.3 Å². The Bertz CT molecular complexity index is 716. The Labute approximate surface area is 145 Å². The van der Waals surface area contributed by atoms with Crippen LogP contribution in [0.25, 0.3) is 0 Å². The van der Waals surface area contributed by atoms with E-state index in [1.165, 1.54) is 0 Å². The Balaban J connectivity index is 1.87. The molecule has 0 aliphatic carbocycles. The van der Waals surface area contributed by atoms with Crippen LogP contribution in [0.5, 0.6) is 0 Å². The van der Waals surface area contributed by atoms with Gasteiger partial charge in [-0.15, -0.1) is 0 Å². The Hall–Kier alpha value is -2.37. The fourth-order valence-electron chi connectivity index (χ4n) is 2.14. The highest BCUT2D eigenvalue weighted by Gasteiger charge is 2.17. The van der Waals surface area contributed by atoms with E-state index in [1.54, 1.807) is 36.4 Å². The summed E-state index contributed by atoms with van der Waals surface area (Å²) in [5.41, 5.74) is 2.18. The molecule has 24 heavy (non-hydrogen) atoms. The van der Waals surface area contributed by atoms with Gasteiger partial charge in [0.1, 0.15) is 0 Å². The van der Waals surface area contributed by atoms with Crippen molar-refractivity contribution in [2.24, 2.45) is 0 Å². The van der Waals surface area contributed by atoms with E-state index >= 15 is 0 Å². The molecule has 0 saturated carbocycles. The molecule has 2 amide bonds. The van der Waals surface area contributed by atoms with E-state index in [0.717, 1.165) is 12.0 Å². The number of aliphatic hydroxyl groups is 1. The number of benzene rings is 2. The third-order valence-electron chi connectivity index (χ3n) is 3.55. The van der Waals surface area contributed by atoms with Crippen LogP contribution < -0.4 is 10.6 Å². The topological polar surface area (TPSA) is 78.4 Å². The molecule has 2 aromatic rings. The van der Waals surface area contributed by atoms with Crippen molar-refractivity contribution >= 4 is 29.1 Å². The molecule has 2 rings (SSSR count). The summed E-state index contributed by atoms with van der Waals surface area (Å²) in [6.07, 6.45) is -0.0893. The minimum Gasteiger partial charge on any atom is -0.387 e. The van der Waals surface area contributed by atoms with Crippen LogP contribution >= 0.6 is 11.6 Å². The number of hydrogen-bond acceptors (Lipinski definition) is 3. The average Bonchev–Trinajstić information content (AvgIpc) is 2.60. The minimum atomic E-state index is -0.987. The standard InChI is InChI=1S/C18H19ClN2O3/c1-2-12-7-9-13(10-8-12)21-18(24)17(23)20-11-16(22)14-5-3-4-6-15(14)19/h3-10,16,22H,2,11H2,1H3,(H,20,23)(H,21,24). The van der Waals surface area contributed by atoms with Crippen LogP contribution in [0.15, 0.2) is 48.5 Å². The fraction of sp³-hybridized carbons (Fsp3) is 0.222. The van der Waals surface area contributed by atoms with Crippen molar-refractivity contribution in [3.05, 3.63) is 64.7 Å². The third kappa shape index (κ3) is 4.81. The minimum absolute atomic E-state index is 0.106. The highest BCUT2D eigenvalue weighted by molar-refractivity contribution is 6.39. The van der Waals surface area contributed by atoms with E-state index in [9.17, 15) is 14.7 Å². The maximum absolute atomic E-state index is 11.9. The molecule has 0 heterocycles. The van der Waals surface area contributed by atoms with Crippen LogP contribution in [0.1, 0.15) is 24.2 Å². The number of anilines is 1. The third-order valence-corrected chi connectivity index (χ3v) is 3.89. The Morgan fingerprint density at radius 3 is 2.38 bits per heavy atom. The van der Waals surface area contributed by atoms with Gasteiger partial charge in [0.05, 0.1) is 6.10 Å². The van der Waals surface area contributed by atoms with Gasteiger partial charge in [-0.25, -0.2) is 0 Å². The van der Waals surface area contributed by atoms with Gasteiger partial charge >= 0.3 is 11.8 Å². The molecule has 6 heteroatoms. The first-order chi connectivity index (χ1) is 11.5. The lowest BCUT2D eigenvalue weighted by Crippen LogP contribution is -2.37. The van der Waals surface area contributed by atoms with Gasteiger partial charge in [0.25, 0.3) is 0 Å². The Kier molecular flexibility index (Phi) is 6.35. The van der Waals surface area contributed by atoms with Gasteiger partial charge in [-0.1, -0.05) is 48.9 Å². The summed E-state index contributed by atoms with van der Waals surface area (Å²) in [6.45, 7) is 1.93. The lowest BCUT2D eigenvalue weighted by atomic mass is 10.1. The summed E-state index contributed by atoms with van der Waals surface area (Å²) < 4.78 is 0. The number of carbonyl (C=O) groups is 2. The van der Waals surface area contributed by atoms with Gasteiger partial charge < -0.3 is 15.7 Å². The molecule has 0 radical (unpaired) electrons. The van der Waals surface area contributed by atoms with Gasteiger partial charge in [0.2, 0.25) is 0 Å². The molecule has 0 aliphatic rings. The van der Waals surface area contributed by atoms with Crippen LogP contribution in [-0.4, -0.2) is 23.5 Å². The molecule has 3 N–H and O–H groups in total. The van der Waals surface area contributed by atoms with Gasteiger partial charge in [-0.05, 0) is 30.2 Å². The number of halogens is 1. The monoisotopic (exact) mass is 346 g/mol. The fourth-order valence-corrected chi connectivity index (χ4v) is 2.40. The number of nitrogens with one attached hydrogen (secondary N) is 2. The molecule has 0 bridgehead atoms. The van der Waals surface area contributed by atoms with Gasteiger partial charge in [0, 0.05) is 22.8 Å². The van der Waals surface area contributed by atoms with Crippen molar-refractivity contribution in [1.29, 1.82) is 0 Å². The highest BCUT2D eigenvalue weighted by Crippen LogP contribution is 2.21. The lowest BCUT2D eigenvalue weighted by Gasteiger charge is -2.13. The van der Waals surface area contributed by atoms with Gasteiger partial charge in [-0.2, -0.15) is 0 Å². The molecule has 2 aromatic carbocycles. The van der Waals surface area contributed by atoms with Crippen LogP contribution in [0.2, 0.25) is 5.02 Å². The molecule has 0 aliphatic heterocycles. The van der Waals surface area contributed by atoms with E-state index in [1.807, 2.05) is 19.1 Å². The Morgan fingerprint density at radius 1 is 1.08 bits per heavy atom.